The van der Waals surface area contributed by atoms with Crippen molar-refractivity contribution in [1.29, 1.82) is 0 Å². The molecule has 1 aromatic carbocycles. The van der Waals surface area contributed by atoms with E-state index in [9.17, 15) is 4.79 Å². The van der Waals surface area contributed by atoms with Crippen LogP contribution < -0.4 is 11.1 Å². The standard InChI is InChI=1S/C11H12Cl2N2O2/c12-8-3-6(4-9(14)10(8)13)11(16)15-7-1-2-17-5-7/h3-4,7H,1-2,5,14H2,(H,15,16). The van der Waals surface area contributed by atoms with Crippen molar-refractivity contribution in [3.63, 3.8) is 0 Å². The molecule has 1 atom stereocenters. The Balaban J connectivity index is 2.13. The summed E-state index contributed by atoms with van der Waals surface area (Å²) in [5, 5.41) is 3.40. The van der Waals surface area contributed by atoms with E-state index >= 15 is 0 Å². The van der Waals surface area contributed by atoms with E-state index in [4.69, 9.17) is 33.7 Å². The molecule has 6 heteroatoms. The topological polar surface area (TPSA) is 64.4 Å². The number of benzene rings is 1. The number of rotatable bonds is 2. The van der Waals surface area contributed by atoms with Crippen molar-refractivity contribution in [2.45, 2.75) is 12.5 Å². The van der Waals surface area contributed by atoms with Crippen LogP contribution in [-0.2, 0) is 4.74 Å². The first-order valence-corrected chi connectivity index (χ1v) is 5.96. The molecule has 1 unspecified atom stereocenters. The van der Waals surface area contributed by atoms with Gasteiger partial charge in [-0.15, -0.1) is 0 Å². The molecule has 1 amide bonds. The fraction of sp³-hybridized carbons (Fsp3) is 0.364. The van der Waals surface area contributed by atoms with Crippen LogP contribution in [0.3, 0.4) is 0 Å². The number of carbonyl (C=O) groups excluding carboxylic acids is 1. The fourth-order valence-corrected chi connectivity index (χ4v) is 1.99. The zero-order valence-corrected chi connectivity index (χ0v) is 10.5. The number of halogens is 2. The average molecular weight is 275 g/mol. The molecular weight excluding hydrogens is 263 g/mol. The maximum atomic E-state index is 11.9. The largest absolute Gasteiger partial charge is 0.397 e. The van der Waals surface area contributed by atoms with Gasteiger partial charge in [-0.3, -0.25) is 4.79 Å². The lowest BCUT2D eigenvalue weighted by atomic mass is 10.1. The van der Waals surface area contributed by atoms with Crippen LogP contribution in [0.1, 0.15) is 16.8 Å². The molecule has 92 valence electrons. The van der Waals surface area contributed by atoms with Crippen molar-refractivity contribution >= 4 is 34.8 Å². The normalized spacial score (nSPS) is 19.3. The molecule has 1 aromatic rings. The van der Waals surface area contributed by atoms with Crippen LogP contribution in [0, 0.1) is 0 Å². The van der Waals surface area contributed by atoms with E-state index in [2.05, 4.69) is 5.32 Å². The summed E-state index contributed by atoms with van der Waals surface area (Å²) < 4.78 is 5.17. The number of anilines is 1. The first kappa shape index (κ1) is 12.5. The van der Waals surface area contributed by atoms with Crippen LogP contribution in [0.25, 0.3) is 0 Å². The minimum Gasteiger partial charge on any atom is -0.397 e. The third kappa shape index (κ3) is 2.83. The number of amides is 1. The highest BCUT2D eigenvalue weighted by molar-refractivity contribution is 6.43. The first-order valence-electron chi connectivity index (χ1n) is 5.21. The van der Waals surface area contributed by atoms with Gasteiger partial charge in [0.05, 0.1) is 28.4 Å². The summed E-state index contributed by atoms with van der Waals surface area (Å²) in [5.41, 5.74) is 6.35. The summed E-state index contributed by atoms with van der Waals surface area (Å²) in [4.78, 5) is 11.9. The quantitative estimate of drug-likeness (QED) is 0.812. The van der Waals surface area contributed by atoms with Crippen molar-refractivity contribution in [1.82, 2.24) is 5.32 Å². The highest BCUT2D eigenvalue weighted by Gasteiger charge is 2.19. The monoisotopic (exact) mass is 274 g/mol. The van der Waals surface area contributed by atoms with E-state index in [0.29, 0.717) is 24.5 Å². The van der Waals surface area contributed by atoms with Crippen LogP contribution in [0.4, 0.5) is 5.69 Å². The predicted octanol–water partition coefficient (Wildman–Crippen LogP) is 2.09. The van der Waals surface area contributed by atoms with Crippen LogP contribution in [0.5, 0.6) is 0 Å². The lowest BCUT2D eigenvalue weighted by Gasteiger charge is -2.11. The zero-order valence-electron chi connectivity index (χ0n) is 9.00. The van der Waals surface area contributed by atoms with Gasteiger partial charge in [-0.05, 0) is 18.6 Å². The highest BCUT2D eigenvalue weighted by Crippen LogP contribution is 2.29. The molecule has 0 bridgehead atoms. The van der Waals surface area contributed by atoms with Crippen molar-refractivity contribution in [2.75, 3.05) is 18.9 Å². The molecule has 1 saturated heterocycles. The minimum atomic E-state index is -0.217. The smallest absolute Gasteiger partial charge is 0.251 e. The SMILES string of the molecule is Nc1cc(C(=O)NC2CCOC2)cc(Cl)c1Cl. The molecule has 2 rings (SSSR count). The Hall–Kier alpha value is -0.970. The summed E-state index contributed by atoms with van der Waals surface area (Å²) >= 11 is 11.7. The molecule has 0 aliphatic carbocycles. The fourth-order valence-electron chi connectivity index (χ4n) is 1.66. The highest BCUT2D eigenvalue weighted by atomic mass is 35.5. The molecule has 1 fully saturated rings. The van der Waals surface area contributed by atoms with Crippen LogP contribution in [-0.4, -0.2) is 25.2 Å². The van der Waals surface area contributed by atoms with Gasteiger partial charge in [-0.2, -0.15) is 0 Å². The molecule has 4 nitrogen and oxygen atoms in total. The first-order chi connectivity index (χ1) is 8.08. The van der Waals surface area contributed by atoms with Gasteiger partial charge >= 0.3 is 0 Å². The van der Waals surface area contributed by atoms with Gasteiger partial charge in [0.2, 0.25) is 0 Å². The number of nitrogens with one attached hydrogen (secondary N) is 1. The van der Waals surface area contributed by atoms with Gasteiger partial charge < -0.3 is 15.8 Å². The second-order valence-corrected chi connectivity index (χ2v) is 4.68. The summed E-state index contributed by atoms with van der Waals surface area (Å²) in [6.07, 6.45) is 0.822. The van der Waals surface area contributed by atoms with E-state index in [1.54, 1.807) is 0 Å². The van der Waals surface area contributed by atoms with Crippen LogP contribution in [0.2, 0.25) is 10.0 Å². The van der Waals surface area contributed by atoms with Gasteiger partial charge in [-0.1, -0.05) is 23.2 Å². The van der Waals surface area contributed by atoms with Crippen molar-refractivity contribution in [3.8, 4) is 0 Å². The maximum absolute atomic E-state index is 11.9. The maximum Gasteiger partial charge on any atom is 0.251 e. The van der Waals surface area contributed by atoms with E-state index in [0.717, 1.165) is 6.42 Å². The van der Waals surface area contributed by atoms with E-state index < -0.39 is 0 Å². The summed E-state index contributed by atoms with van der Waals surface area (Å²) in [6.45, 7) is 1.22. The number of carbonyl (C=O) groups is 1. The number of ether oxygens (including phenoxy) is 1. The second kappa shape index (κ2) is 5.12. The van der Waals surface area contributed by atoms with E-state index in [-0.39, 0.29) is 22.0 Å². The number of nitrogen functional groups attached to an aromatic ring is 1. The van der Waals surface area contributed by atoms with Gasteiger partial charge in [-0.25, -0.2) is 0 Å². The molecule has 0 radical (unpaired) electrons. The number of hydrogen-bond donors (Lipinski definition) is 2. The Labute approximate surface area is 109 Å². The molecule has 0 aromatic heterocycles. The minimum absolute atomic E-state index is 0.0539. The Bertz CT molecular complexity index is 422. The van der Waals surface area contributed by atoms with Gasteiger partial charge in [0.1, 0.15) is 0 Å². The van der Waals surface area contributed by atoms with Crippen molar-refractivity contribution in [2.24, 2.45) is 0 Å². The second-order valence-electron chi connectivity index (χ2n) is 3.90. The van der Waals surface area contributed by atoms with E-state index in [1.807, 2.05) is 0 Å². The van der Waals surface area contributed by atoms with Crippen molar-refractivity contribution < 1.29 is 9.53 Å². The van der Waals surface area contributed by atoms with Gasteiger partial charge in [0.15, 0.2) is 0 Å². The molecular formula is C11H12Cl2N2O2. The molecule has 1 heterocycles. The molecule has 0 saturated carbocycles. The Kier molecular flexibility index (Phi) is 3.76. The molecule has 3 N–H and O–H groups in total. The zero-order chi connectivity index (χ0) is 12.4. The lowest BCUT2D eigenvalue weighted by molar-refractivity contribution is 0.0930. The van der Waals surface area contributed by atoms with Crippen LogP contribution in [0.15, 0.2) is 12.1 Å². The number of hydrogen-bond acceptors (Lipinski definition) is 3. The molecule has 1 aliphatic rings. The van der Waals surface area contributed by atoms with Crippen LogP contribution >= 0.6 is 23.2 Å². The molecule has 0 spiro atoms. The Morgan fingerprint density at radius 1 is 1.47 bits per heavy atom. The van der Waals surface area contributed by atoms with E-state index in [1.165, 1.54) is 12.1 Å². The lowest BCUT2D eigenvalue weighted by Crippen LogP contribution is -2.35. The summed E-state index contributed by atoms with van der Waals surface area (Å²) in [7, 11) is 0. The molecule has 17 heavy (non-hydrogen) atoms. The Morgan fingerprint density at radius 2 is 2.24 bits per heavy atom. The van der Waals surface area contributed by atoms with Crippen molar-refractivity contribution in [3.05, 3.63) is 27.7 Å². The Morgan fingerprint density at radius 3 is 2.82 bits per heavy atom. The average Bonchev–Trinajstić information content (AvgIpc) is 2.77. The molecule has 1 aliphatic heterocycles. The van der Waals surface area contributed by atoms with Gasteiger partial charge in [0.25, 0.3) is 5.91 Å². The predicted molar refractivity (Wildman–Crippen MR) is 67.6 cm³/mol. The third-order valence-electron chi connectivity index (χ3n) is 2.58. The number of nitrogens with two attached hydrogens (primary N) is 1. The van der Waals surface area contributed by atoms with Gasteiger partial charge in [0, 0.05) is 12.2 Å². The summed E-state index contributed by atoms with van der Waals surface area (Å²) in [5.74, 6) is -0.217. The summed E-state index contributed by atoms with van der Waals surface area (Å²) in [6, 6.07) is 3.07. The third-order valence-corrected chi connectivity index (χ3v) is 3.40.